The molecule has 0 aliphatic carbocycles. The molecule has 1 aliphatic rings. The first-order valence-corrected chi connectivity index (χ1v) is 5.71. The van der Waals surface area contributed by atoms with Crippen LogP contribution in [0.15, 0.2) is 0 Å². The van der Waals surface area contributed by atoms with Crippen molar-refractivity contribution >= 4 is 0 Å². The minimum absolute atomic E-state index is 0.165. The number of rotatable bonds is 4. The van der Waals surface area contributed by atoms with E-state index in [4.69, 9.17) is 5.73 Å². The molecule has 1 aliphatic heterocycles. The highest BCUT2D eigenvalue weighted by Crippen LogP contribution is 2.22. The highest BCUT2D eigenvalue weighted by Gasteiger charge is 2.37. The smallest absolute Gasteiger partial charge is 0.0446 e. The highest BCUT2D eigenvalue weighted by atomic mass is 15.2. The molecule has 0 saturated carbocycles. The van der Waals surface area contributed by atoms with E-state index in [1.54, 1.807) is 0 Å². The lowest BCUT2D eigenvalue weighted by Gasteiger charge is -2.32. The van der Waals surface area contributed by atoms with Crippen molar-refractivity contribution in [2.45, 2.75) is 51.7 Å². The molecule has 1 unspecified atom stereocenters. The van der Waals surface area contributed by atoms with Gasteiger partial charge in [-0.1, -0.05) is 13.8 Å². The van der Waals surface area contributed by atoms with E-state index in [-0.39, 0.29) is 5.54 Å². The van der Waals surface area contributed by atoms with Gasteiger partial charge in [-0.3, -0.25) is 4.90 Å². The molecule has 1 heterocycles. The van der Waals surface area contributed by atoms with Crippen molar-refractivity contribution in [3.63, 3.8) is 0 Å². The second kappa shape index (κ2) is 4.60. The van der Waals surface area contributed by atoms with Crippen LogP contribution in [-0.2, 0) is 0 Å². The largest absolute Gasteiger partial charge is 0.329 e. The number of likely N-dealkylation sites (tertiary alicyclic amines) is 1. The zero-order valence-corrected chi connectivity index (χ0v) is 10.0. The number of hydrogen-bond donors (Lipinski definition) is 2. The molecule has 0 bridgehead atoms. The Morgan fingerprint density at radius 1 is 1.36 bits per heavy atom. The lowest BCUT2D eigenvalue weighted by atomic mass is 9.98. The standard InChI is InChI=1S/C11H25N3/c1-9(2)13-11(7-12)5-6-14(8-11)10(3)4/h9-10,13H,5-8,12H2,1-4H3. The quantitative estimate of drug-likeness (QED) is 0.703. The maximum absolute atomic E-state index is 5.89. The molecule has 1 saturated heterocycles. The fourth-order valence-corrected chi connectivity index (χ4v) is 2.30. The predicted molar refractivity (Wildman–Crippen MR) is 61.4 cm³/mol. The Labute approximate surface area is 88.0 Å². The molecular weight excluding hydrogens is 174 g/mol. The first-order valence-electron chi connectivity index (χ1n) is 5.71. The van der Waals surface area contributed by atoms with Gasteiger partial charge in [0, 0.05) is 37.3 Å². The van der Waals surface area contributed by atoms with Gasteiger partial charge in [0.05, 0.1) is 0 Å². The summed E-state index contributed by atoms with van der Waals surface area (Å²) in [5.41, 5.74) is 6.06. The fraction of sp³-hybridized carbons (Fsp3) is 1.00. The Morgan fingerprint density at radius 2 is 2.00 bits per heavy atom. The van der Waals surface area contributed by atoms with Gasteiger partial charge in [0.1, 0.15) is 0 Å². The van der Waals surface area contributed by atoms with E-state index >= 15 is 0 Å². The Bertz CT molecular complexity index is 179. The van der Waals surface area contributed by atoms with E-state index in [9.17, 15) is 0 Å². The topological polar surface area (TPSA) is 41.3 Å². The Hall–Kier alpha value is -0.120. The average molecular weight is 199 g/mol. The maximum Gasteiger partial charge on any atom is 0.0446 e. The number of nitrogens with zero attached hydrogens (tertiary/aromatic N) is 1. The van der Waals surface area contributed by atoms with Crippen LogP contribution in [0.5, 0.6) is 0 Å². The highest BCUT2D eigenvalue weighted by molar-refractivity contribution is 4.99. The molecule has 0 aromatic carbocycles. The van der Waals surface area contributed by atoms with Gasteiger partial charge >= 0.3 is 0 Å². The zero-order valence-electron chi connectivity index (χ0n) is 10.0. The molecule has 0 radical (unpaired) electrons. The van der Waals surface area contributed by atoms with Gasteiger partial charge in [0.2, 0.25) is 0 Å². The van der Waals surface area contributed by atoms with Crippen LogP contribution in [0.2, 0.25) is 0 Å². The van der Waals surface area contributed by atoms with Crippen molar-refractivity contribution < 1.29 is 0 Å². The summed E-state index contributed by atoms with van der Waals surface area (Å²) in [4.78, 5) is 2.50. The molecular formula is C11H25N3. The summed E-state index contributed by atoms with van der Waals surface area (Å²) in [5, 5.41) is 3.62. The van der Waals surface area contributed by atoms with Crippen LogP contribution in [0.1, 0.15) is 34.1 Å². The van der Waals surface area contributed by atoms with Crippen molar-refractivity contribution in [1.29, 1.82) is 0 Å². The minimum Gasteiger partial charge on any atom is -0.329 e. The third kappa shape index (κ3) is 2.69. The molecule has 0 amide bonds. The van der Waals surface area contributed by atoms with Gasteiger partial charge in [-0.15, -0.1) is 0 Å². The van der Waals surface area contributed by atoms with E-state index in [0.29, 0.717) is 12.1 Å². The molecule has 3 N–H and O–H groups in total. The molecule has 0 spiro atoms. The molecule has 1 rings (SSSR count). The van der Waals surface area contributed by atoms with Gasteiger partial charge < -0.3 is 11.1 Å². The van der Waals surface area contributed by atoms with E-state index in [2.05, 4.69) is 37.9 Å². The van der Waals surface area contributed by atoms with E-state index in [1.165, 1.54) is 13.0 Å². The van der Waals surface area contributed by atoms with Crippen molar-refractivity contribution in [3.05, 3.63) is 0 Å². The maximum atomic E-state index is 5.89. The summed E-state index contributed by atoms with van der Waals surface area (Å²) in [6.45, 7) is 11.9. The minimum atomic E-state index is 0.165. The van der Waals surface area contributed by atoms with E-state index in [0.717, 1.165) is 13.1 Å². The monoisotopic (exact) mass is 199 g/mol. The summed E-state index contributed by atoms with van der Waals surface area (Å²) in [6, 6.07) is 1.16. The van der Waals surface area contributed by atoms with Crippen molar-refractivity contribution in [2.75, 3.05) is 19.6 Å². The lowest BCUT2D eigenvalue weighted by Crippen LogP contribution is -2.55. The molecule has 3 nitrogen and oxygen atoms in total. The third-order valence-corrected chi connectivity index (χ3v) is 3.10. The van der Waals surface area contributed by atoms with E-state index in [1.807, 2.05) is 0 Å². The molecule has 1 atom stereocenters. The first kappa shape index (κ1) is 12.0. The predicted octanol–water partition coefficient (Wildman–Crippen LogP) is 0.796. The molecule has 3 heteroatoms. The number of hydrogen-bond acceptors (Lipinski definition) is 3. The second-order valence-corrected chi connectivity index (χ2v) is 5.10. The van der Waals surface area contributed by atoms with Crippen LogP contribution in [0, 0.1) is 0 Å². The van der Waals surface area contributed by atoms with Crippen LogP contribution in [-0.4, -0.2) is 42.2 Å². The summed E-state index contributed by atoms with van der Waals surface area (Å²) >= 11 is 0. The SMILES string of the molecule is CC(C)NC1(CN)CCN(C(C)C)C1. The van der Waals surface area contributed by atoms with Gasteiger partial charge in [0.15, 0.2) is 0 Å². The summed E-state index contributed by atoms with van der Waals surface area (Å²) in [6.07, 6.45) is 1.18. The summed E-state index contributed by atoms with van der Waals surface area (Å²) in [7, 11) is 0. The molecule has 14 heavy (non-hydrogen) atoms. The van der Waals surface area contributed by atoms with Crippen LogP contribution in [0.25, 0.3) is 0 Å². The van der Waals surface area contributed by atoms with Crippen LogP contribution in [0.4, 0.5) is 0 Å². The molecule has 0 aromatic rings. The summed E-state index contributed by atoms with van der Waals surface area (Å²) < 4.78 is 0. The van der Waals surface area contributed by atoms with Gasteiger partial charge in [-0.2, -0.15) is 0 Å². The van der Waals surface area contributed by atoms with Crippen molar-refractivity contribution in [3.8, 4) is 0 Å². The molecule has 84 valence electrons. The van der Waals surface area contributed by atoms with Crippen LogP contribution < -0.4 is 11.1 Å². The van der Waals surface area contributed by atoms with Gasteiger partial charge in [0.25, 0.3) is 0 Å². The molecule has 1 fully saturated rings. The normalized spacial score (nSPS) is 29.4. The van der Waals surface area contributed by atoms with E-state index < -0.39 is 0 Å². The Kier molecular flexibility index (Phi) is 3.93. The summed E-state index contributed by atoms with van der Waals surface area (Å²) in [5.74, 6) is 0. The van der Waals surface area contributed by atoms with Crippen molar-refractivity contribution in [1.82, 2.24) is 10.2 Å². The number of nitrogens with two attached hydrogens (primary N) is 1. The average Bonchev–Trinajstić information content (AvgIpc) is 2.49. The lowest BCUT2D eigenvalue weighted by molar-refractivity contribution is 0.235. The molecule has 0 aromatic heterocycles. The third-order valence-electron chi connectivity index (χ3n) is 3.10. The van der Waals surface area contributed by atoms with Crippen LogP contribution in [0.3, 0.4) is 0 Å². The van der Waals surface area contributed by atoms with Gasteiger partial charge in [-0.25, -0.2) is 0 Å². The van der Waals surface area contributed by atoms with Crippen molar-refractivity contribution in [2.24, 2.45) is 5.73 Å². The Morgan fingerprint density at radius 3 is 2.36 bits per heavy atom. The number of nitrogens with one attached hydrogen (secondary N) is 1. The second-order valence-electron chi connectivity index (χ2n) is 5.10. The Balaban J connectivity index is 2.56. The van der Waals surface area contributed by atoms with Gasteiger partial charge in [-0.05, 0) is 20.3 Å². The zero-order chi connectivity index (χ0) is 10.8. The fourth-order valence-electron chi connectivity index (χ4n) is 2.30. The van der Waals surface area contributed by atoms with Crippen LogP contribution >= 0.6 is 0 Å². The first-order chi connectivity index (χ1) is 6.49.